The molecule has 1 N–H and O–H groups in total. The van der Waals surface area contributed by atoms with E-state index in [0.29, 0.717) is 42.2 Å². The van der Waals surface area contributed by atoms with Crippen LogP contribution in [0.15, 0.2) is 48.0 Å². The first-order valence-corrected chi connectivity index (χ1v) is 9.99. The molecule has 0 spiro atoms. The monoisotopic (exact) mass is 425 g/mol. The molecule has 0 unspecified atom stereocenters. The zero-order valence-corrected chi connectivity index (χ0v) is 18.2. The van der Waals surface area contributed by atoms with Crippen molar-refractivity contribution in [3.8, 4) is 11.5 Å². The highest BCUT2D eigenvalue weighted by atomic mass is 16.5. The minimum atomic E-state index is -0.704. The van der Waals surface area contributed by atoms with Crippen LogP contribution in [0.25, 0.3) is 5.76 Å². The maximum Gasteiger partial charge on any atom is 0.295 e. The molecule has 7 heteroatoms. The number of benzene rings is 2. The van der Waals surface area contributed by atoms with Gasteiger partial charge in [-0.15, -0.1) is 0 Å². The fraction of sp³-hybridized carbons (Fsp3) is 0.333. The number of aryl methyl sites for hydroxylation is 1. The van der Waals surface area contributed by atoms with Crippen molar-refractivity contribution in [3.05, 3.63) is 64.7 Å². The van der Waals surface area contributed by atoms with E-state index in [0.717, 1.165) is 5.56 Å². The van der Waals surface area contributed by atoms with E-state index in [2.05, 4.69) is 0 Å². The maximum atomic E-state index is 13.0. The molecule has 0 bridgehead atoms. The number of rotatable bonds is 8. The van der Waals surface area contributed by atoms with Gasteiger partial charge in [0.2, 0.25) is 0 Å². The van der Waals surface area contributed by atoms with Gasteiger partial charge in [-0.2, -0.15) is 0 Å². The smallest absolute Gasteiger partial charge is 0.295 e. The molecule has 1 amide bonds. The number of nitrogens with zero attached hydrogens (tertiary/aromatic N) is 1. The third kappa shape index (κ3) is 4.41. The highest BCUT2D eigenvalue weighted by Gasteiger charge is 2.45. The van der Waals surface area contributed by atoms with Gasteiger partial charge in [0, 0.05) is 25.8 Å². The van der Waals surface area contributed by atoms with Crippen LogP contribution in [-0.2, 0) is 14.3 Å². The minimum Gasteiger partial charge on any atom is -0.507 e. The molecule has 1 fully saturated rings. The lowest BCUT2D eigenvalue weighted by atomic mass is 9.94. The van der Waals surface area contributed by atoms with Crippen LogP contribution in [0.3, 0.4) is 0 Å². The Kier molecular flexibility index (Phi) is 6.97. The zero-order valence-electron chi connectivity index (χ0n) is 18.2. The van der Waals surface area contributed by atoms with Crippen molar-refractivity contribution < 1.29 is 28.9 Å². The van der Waals surface area contributed by atoms with Crippen LogP contribution in [0.2, 0.25) is 0 Å². The number of hydrogen-bond acceptors (Lipinski definition) is 6. The van der Waals surface area contributed by atoms with Crippen LogP contribution < -0.4 is 9.47 Å². The number of aliphatic hydroxyl groups is 1. The number of likely N-dealkylation sites (tertiary alicyclic amines) is 1. The lowest BCUT2D eigenvalue weighted by molar-refractivity contribution is -0.140. The molecule has 2 aromatic rings. The molecule has 1 atom stereocenters. The highest BCUT2D eigenvalue weighted by Crippen LogP contribution is 2.40. The quantitative estimate of drug-likeness (QED) is 0.302. The number of ether oxygens (including phenoxy) is 3. The van der Waals surface area contributed by atoms with Crippen molar-refractivity contribution >= 4 is 17.4 Å². The van der Waals surface area contributed by atoms with E-state index in [1.54, 1.807) is 63.8 Å². The van der Waals surface area contributed by atoms with Gasteiger partial charge in [-0.1, -0.05) is 12.1 Å². The first kappa shape index (κ1) is 22.4. The lowest BCUT2D eigenvalue weighted by Crippen LogP contribution is -2.31. The van der Waals surface area contributed by atoms with E-state index in [9.17, 15) is 14.7 Å². The molecule has 0 aliphatic carbocycles. The summed E-state index contributed by atoms with van der Waals surface area (Å²) >= 11 is 0. The molecule has 31 heavy (non-hydrogen) atoms. The van der Waals surface area contributed by atoms with E-state index >= 15 is 0 Å². The van der Waals surface area contributed by atoms with Crippen molar-refractivity contribution in [2.75, 3.05) is 34.5 Å². The Bertz CT molecular complexity index is 996. The summed E-state index contributed by atoms with van der Waals surface area (Å²) in [4.78, 5) is 27.3. The number of ketones is 1. The predicted octanol–water partition coefficient (Wildman–Crippen LogP) is 3.47. The standard InChI is InChI=1S/C24H27NO6/c1-15-14-17(8-11-19(15)31-4)22(26)20-21(16-6-9-18(30-3)10-7-16)25(12-5-13-29-2)24(28)23(20)27/h6-11,14,21,26H,5,12-13H2,1-4H3/t21-/m0/s1. The molecule has 1 aliphatic rings. The van der Waals surface area contributed by atoms with Crippen LogP contribution in [0.5, 0.6) is 11.5 Å². The van der Waals surface area contributed by atoms with Crippen LogP contribution in [0.4, 0.5) is 0 Å². The van der Waals surface area contributed by atoms with Gasteiger partial charge in [0.25, 0.3) is 11.7 Å². The summed E-state index contributed by atoms with van der Waals surface area (Å²) in [6.45, 7) is 2.63. The summed E-state index contributed by atoms with van der Waals surface area (Å²) in [5.74, 6) is -0.221. The van der Waals surface area contributed by atoms with Crippen LogP contribution in [0.1, 0.15) is 29.2 Å². The fourth-order valence-corrected chi connectivity index (χ4v) is 3.80. The van der Waals surface area contributed by atoms with Gasteiger partial charge in [0.05, 0.1) is 25.8 Å². The van der Waals surface area contributed by atoms with Gasteiger partial charge in [-0.05, 0) is 54.8 Å². The van der Waals surface area contributed by atoms with Gasteiger partial charge in [0.15, 0.2) is 0 Å². The Morgan fingerprint density at radius 3 is 2.32 bits per heavy atom. The molecule has 0 aromatic heterocycles. The minimum absolute atomic E-state index is 0.0668. The SMILES string of the molecule is COCCCN1C(=O)C(=O)C(=C(O)c2ccc(OC)c(C)c2)[C@@H]1c1ccc(OC)cc1. The van der Waals surface area contributed by atoms with Crippen LogP contribution >= 0.6 is 0 Å². The molecule has 164 valence electrons. The van der Waals surface area contributed by atoms with E-state index < -0.39 is 17.7 Å². The molecule has 1 aliphatic heterocycles. The van der Waals surface area contributed by atoms with E-state index in [1.807, 2.05) is 6.92 Å². The molecule has 0 saturated carbocycles. The second kappa shape index (κ2) is 9.66. The van der Waals surface area contributed by atoms with Crippen molar-refractivity contribution in [2.45, 2.75) is 19.4 Å². The summed E-state index contributed by atoms with van der Waals surface area (Å²) in [6, 6.07) is 11.6. The van der Waals surface area contributed by atoms with Crippen molar-refractivity contribution in [1.82, 2.24) is 4.90 Å². The molecule has 0 radical (unpaired) electrons. The molecule has 2 aromatic carbocycles. The zero-order chi connectivity index (χ0) is 22.5. The summed E-state index contributed by atoms with van der Waals surface area (Å²) in [5, 5.41) is 11.1. The Labute approximate surface area is 181 Å². The molecule has 3 rings (SSSR count). The summed E-state index contributed by atoms with van der Waals surface area (Å²) in [7, 11) is 4.72. The molecule has 1 heterocycles. The van der Waals surface area contributed by atoms with E-state index in [-0.39, 0.29) is 11.3 Å². The number of carbonyl (C=O) groups excluding carboxylic acids is 2. The van der Waals surface area contributed by atoms with Gasteiger partial charge in [-0.3, -0.25) is 9.59 Å². The molecular formula is C24H27NO6. The van der Waals surface area contributed by atoms with Crippen molar-refractivity contribution in [2.24, 2.45) is 0 Å². The lowest BCUT2D eigenvalue weighted by Gasteiger charge is -2.25. The molecule has 1 saturated heterocycles. The Balaban J connectivity index is 2.11. The fourth-order valence-electron chi connectivity index (χ4n) is 3.80. The van der Waals surface area contributed by atoms with E-state index in [4.69, 9.17) is 14.2 Å². The number of aliphatic hydroxyl groups excluding tert-OH is 1. The van der Waals surface area contributed by atoms with Gasteiger partial charge >= 0.3 is 0 Å². The number of carbonyl (C=O) groups is 2. The maximum absolute atomic E-state index is 13.0. The van der Waals surface area contributed by atoms with Gasteiger partial charge < -0.3 is 24.2 Å². The Hall–Kier alpha value is -3.32. The number of methoxy groups -OCH3 is 3. The second-order valence-electron chi connectivity index (χ2n) is 7.30. The average Bonchev–Trinajstić information content (AvgIpc) is 3.03. The number of amides is 1. The van der Waals surface area contributed by atoms with Crippen LogP contribution in [0, 0.1) is 6.92 Å². The largest absolute Gasteiger partial charge is 0.507 e. The van der Waals surface area contributed by atoms with Gasteiger partial charge in [-0.25, -0.2) is 0 Å². The average molecular weight is 425 g/mol. The molecule has 7 nitrogen and oxygen atoms in total. The third-order valence-corrected chi connectivity index (χ3v) is 5.39. The first-order valence-electron chi connectivity index (χ1n) is 9.99. The third-order valence-electron chi connectivity index (χ3n) is 5.39. The summed E-state index contributed by atoms with van der Waals surface area (Å²) in [6.07, 6.45) is 0.567. The summed E-state index contributed by atoms with van der Waals surface area (Å²) in [5.41, 5.74) is 2.04. The topological polar surface area (TPSA) is 85.3 Å². The normalized spacial score (nSPS) is 17.8. The predicted molar refractivity (Wildman–Crippen MR) is 116 cm³/mol. The number of hydrogen-bond donors (Lipinski definition) is 1. The van der Waals surface area contributed by atoms with E-state index in [1.165, 1.54) is 4.90 Å². The summed E-state index contributed by atoms with van der Waals surface area (Å²) < 4.78 is 15.6. The van der Waals surface area contributed by atoms with Crippen molar-refractivity contribution in [3.63, 3.8) is 0 Å². The first-order chi connectivity index (χ1) is 14.9. The Morgan fingerprint density at radius 2 is 1.74 bits per heavy atom. The van der Waals surface area contributed by atoms with Crippen LogP contribution in [-0.4, -0.2) is 56.2 Å². The highest BCUT2D eigenvalue weighted by molar-refractivity contribution is 6.46. The molecular weight excluding hydrogens is 398 g/mol. The Morgan fingerprint density at radius 1 is 1.03 bits per heavy atom. The second-order valence-corrected chi connectivity index (χ2v) is 7.30. The van der Waals surface area contributed by atoms with Crippen molar-refractivity contribution in [1.29, 1.82) is 0 Å². The number of Topliss-reactive ketones (excluding diaryl/α,β-unsaturated/α-hetero) is 1. The van der Waals surface area contributed by atoms with Gasteiger partial charge in [0.1, 0.15) is 17.3 Å².